The third-order valence-electron chi connectivity index (χ3n) is 3.99. The number of carbonyl (C=O) groups is 1. The molecule has 1 aliphatic heterocycles. The molecule has 9 heteroatoms. The van der Waals surface area contributed by atoms with Crippen LogP contribution < -0.4 is 4.74 Å². The first-order valence-electron chi connectivity index (χ1n) is 7.38. The molecule has 1 atom stereocenters. The van der Waals surface area contributed by atoms with Crippen molar-refractivity contribution < 1.29 is 23.1 Å². The molecule has 24 heavy (non-hydrogen) atoms. The number of methoxy groups -OCH3 is 1. The van der Waals surface area contributed by atoms with E-state index in [1.54, 1.807) is 24.3 Å². The van der Waals surface area contributed by atoms with Crippen LogP contribution in [0.1, 0.15) is 12.8 Å². The van der Waals surface area contributed by atoms with E-state index < -0.39 is 22.0 Å². The molecule has 3 rings (SSSR count). The zero-order valence-electron chi connectivity index (χ0n) is 13.0. The number of hydrogen-bond acceptors (Lipinski definition) is 5. The van der Waals surface area contributed by atoms with Crippen LogP contribution in [-0.4, -0.2) is 53.3 Å². The summed E-state index contributed by atoms with van der Waals surface area (Å²) >= 11 is 0. The highest BCUT2D eigenvalue weighted by molar-refractivity contribution is 7.89. The summed E-state index contributed by atoms with van der Waals surface area (Å²) in [7, 11) is -2.40. The van der Waals surface area contributed by atoms with Crippen molar-refractivity contribution in [3.8, 4) is 11.4 Å². The average molecular weight is 351 g/mol. The molecular formula is C15H17N3O5S. The van der Waals surface area contributed by atoms with E-state index >= 15 is 0 Å². The van der Waals surface area contributed by atoms with Gasteiger partial charge in [-0.05, 0) is 25.0 Å². The number of nitrogens with zero attached hydrogens (tertiary/aromatic N) is 3. The van der Waals surface area contributed by atoms with Gasteiger partial charge in [-0.2, -0.15) is 9.40 Å². The summed E-state index contributed by atoms with van der Waals surface area (Å²) in [6, 6.07) is 6.05. The lowest BCUT2D eigenvalue weighted by atomic mass is 10.2. The molecule has 0 saturated carbocycles. The molecule has 8 nitrogen and oxygen atoms in total. The van der Waals surface area contributed by atoms with E-state index in [0.717, 1.165) is 4.31 Å². The second-order valence-electron chi connectivity index (χ2n) is 5.40. The molecule has 1 saturated heterocycles. The molecule has 1 N–H and O–H groups in total. The van der Waals surface area contributed by atoms with Crippen molar-refractivity contribution in [1.29, 1.82) is 0 Å². The molecule has 0 spiro atoms. The molecule has 1 aliphatic rings. The summed E-state index contributed by atoms with van der Waals surface area (Å²) in [5.41, 5.74) is 0.595. The number of rotatable bonds is 5. The number of ether oxygens (including phenoxy) is 1. The quantitative estimate of drug-likeness (QED) is 0.866. The predicted octanol–water partition coefficient (Wildman–Crippen LogP) is 1.12. The second kappa shape index (κ2) is 6.25. The number of aliphatic carboxylic acids is 1. The van der Waals surface area contributed by atoms with Gasteiger partial charge in [0.1, 0.15) is 22.4 Å². The summed E-state index contributed by atoms with van der Waals surface area (Å²) in [5, 5.41) is 13.3. The zero-order valence-corrected chi connectivity index (χ0v) is 13.8. The predicted molar refractivity (Wildman–Crippen MR) is 84.7 cm³/mol. The van der Waals surface area contributed by atoms with Gasteiger partial charge in [0.2, 0.25) is 10.0 Å². The first-order valence-corrected chi connectivity index (χ1v) is 8.82. The summed E-state index contributed by atoms with van der Waals surface area (Å²) in [4.78, 5) is 11.2. The Kier molecular flexibility index (Phi) is 4.29. The fraction of sp³-hybridized carbons (Fsp3) is 0.333. The Morgan fingerprint density at radius 1 is 1.38 bits per heavy atom. The summed E-state index contributed by atoms with van der Waals surface area (Å²) < 4.78 is 33.1. The van der Waals surface area contributed by atoms with Crippen molar-refractivity contribution in [2.45, 2.75) is 23.8 Å². The van der Waals surface area contributed by atoms with Gasteiger partial charge in [-0.1, -0.05) is 12.1 Å². The van der Waals surface area contributed by atoms with Crippen LogP contribution in [-0.2, 0) is 14.8 Å². The van der Waals surface area contributed by atoms with Gasteiger partial charge in [-0.15, -0.1) is 0 Å². The Morgan fingerprint density at radius 3 is 2.83 bits per heavy atom. The maximum absolute atomic E-state index is 12.7. The van der Waals surface area contributed by atoms with E-state index in [2.05, 4.69) is 5.10 Å². The van der Waals surface area contributed by atoms with Crippen molar-refractivity contribution >= 4 is 16.0 Å². The largest absolute Gasteiger partial charge is 0.494 e. The molecular weight excluding hydrogens is 334 g/mol. The number of carboxylic acids is 1. The van der Waals surface area contributed by atoms with E-state index in [1.807, 2.05) is 0 Å². The third kappa shape index (κ3) is 2.76. The topological polar surface area (TPSA) is 102 Å². The van der Waals surface area contributed by atoms with E-state index in [1.165, 1.54) is 24.2 Å². The highest BCUT2D eigenvalue weighted by Crippen LogP contribution is 2.28. The van der Waals surface area contributed by atoms with Gasteiger partial charge in [0, 0.05) is 6.54 Å². The minimum atomic E-state index is -3.91. The van der Waals surface area contributed by atoms with Crippen LogP contribution in [0, 0.1) is 0 Å². The van der Waals surface area contributed by atoms with Gasteiger partial charge in [0.05, 0.1) is 19.5 Å². The maximum Gasteiger partial charge on any atom is 0.322 e. The standard InChI is InChI=1S/C15H17N3O5S/c1-23-14-7-3-2-5-12(14)17-10-11(9-16-17)24(21,22)18-8-4-6-13(18)15(19)20/h2-3,5,7,9-10,13H,4,6,8H2,1H3,(H,19,20). The Morgan fingerprint density at radius 2 is 2.12 bits per heavy atom. The number of para-hydroxylation sites is 2. The summed E-state index contributed by atoms with van der Waals surface area (Å²) in [5.74, 6) is -0.581. The van der Waals surface area contributed by atoms with Crippen molar-refractivity contribution in [2.75, 3.05) is 13.7 Å². The lowest BCUT2D eigenvalue weighted by Crippen LogP contribution is -2.40. The molecule has 0 aliphatic carbocycles. The molecule has 2 aromatic rings. The van der Waals surface area contributed by atoms with Crippen molar-refractivity contribution in [3.63, 3.8) is 0 Å². The van der Waals surface area contributed by atoms with E-state index in [4.69, 9.17) is 4.74 Å². The fourth-order valence-corrected chi connectivity index (χ4v) is 4.38. The minimum absolute atomic E-state index is 0.0402. The maximum atomic E-state index is 12.7. The highest BCUT2D eigenvalue weighted by atomic mass is 32.2. The highest BCUT2D eigenvalue weighted by Gasteiger charge is 2.40. The number of carboxylic acid groups (broad SMARTS) is 1. The molecule has 0 bridgehead atoms. The lowest BCUT2D eigenvalue weighted by Gasteiger charge is -2.19. The molecule has 1 fully saturated rings. The number of aromatic nitrogens is 2. The van der Waals surface area contributed by atoms with Crippen molar-refractivity contribution in [3.05, 3.63) is 36.7 Å². The van der Waals surface area contributed by atoms with Crippen LogP contribution in [0.15, 0.2) is 41.6 Å². The van der Waals surface area contributed by atoms with Gasteiger partial charge in [-0.3, -0.25) is 4.79 Å². The summed E-state index contributed by atoms with van der Waals surface area (Å²) in [6.07, 6.45) is 3.43. The van der Waals surface area contributed by atoms with Gasteiger partial charge in [0.25, 0.3) is 0 Å². The fourth-order valence-electron chi connectivity index (χ4n) is 2.80. The third-order valence-corrected chi connectivity index (χ3v) is 5.85. The van der Waals surface area contributed by atoms with Crippen LogP contribution in [0.25, 0.3) is 5.69 Å². The Labute approximate surface area is 139 Å². The number of benzene rings is 1. The lowest BCUT2D eigenvalue weighted by molar-refractivity contribution is -0.140. The first kappa shape index (κ1) is 16.5. The van der Waals surface area contributed by atoms with E-state index in [0.29, 0.717) is 24.3 Å². The average Bonchev–Trinajstić information content (AvgIpc) is 3.24. The van der Waals surface area contributed by atoms with Crippen LogP contribution in [0.3, 0.4) is 0 Å². The van der Waals surface area contributed by atoms with Crippen molar-refractivity contribution in [1.82, 2.24) is 14.1 Å². The summed E-state index contributed by atoms with van der Waals surface area (Å²) in [6.45, 7) is 0.194. The van der Waals surface area contributed by atoms with Crippen LogP contribution >= 0.6 is 0 Å². The normalized spacial score (nSPS) is 18.6. The van der Waals surface area contributed by atoms with Gasteiger partial charge in [0.15, 0.2) is 0 Å². The Balaban J connectivity index is 1.97. The SMILES string of the molecule is COc1ccccc1-n1cc(S(=O)(=O)N2CCCC2C(=O)O)cn1. The molecule has 128 valence electrons. The minimum Gasteiger partial charge on any atom is -0.494 e. The Hall–Kier alpha value is -2.39. The molecule has 0 radical (unpaired) electrons. The molecule has 2 heterocycles. The zero-order chi connectivity index (χ0) is 17.3. The number of sulfonamides is 1. The van der Waals surface area contributed by atoms with Gasteiger partial charge in [-0.25, -0.2) is 13.1 Å². The Bertz CT molecular complexity index is 861. The smallest absolute Gasteiger partial charge is 0.322 e. The van der Waals surface area contributed by atoms with Crippen molar-refractivity contribution in [2.24, 2.45) is 0 Å². The molecule has 0 amide bonds. The van der Waals surface area contributed by atoms with E-state index in [9.17, 15) is 18.3 Å². The van der Waals surface area contributed by atoms with Crippen LogP contribution in [0.4, 0.5) is 0 Å². The van der Waals surface area contributed by atoms with E-state index in [-0.39, 0.29) is 11.4 Å². The van der Waals surface area contributed by atoms with Crippen LogP contribution in [0.2, 0.25) is 0 Å². The van der Waals surface area contributed by atoms with Crippen LogP contribution in [0.5, 0.6) is 5.75 Å². The monoisotopic (exact) mass is 351 g/mol. The molecule has 1 aromatic carbocycles. The number of hydrogen-bond donors (Lipinski definition) is 1. The first-order chi connectivity index (χ1) is 11.4. The van der Waals surface area contributed by atoms with Gasteiger partial charge >= 0.3 is 5.97 Å². The second-order valence-corrected chi connectivity index (χ2v) is 7.30. The molecule has 1 unspecified atom stereocenters. The van der Waals surface area contributed by atoms with Gasteiger partial charge < -0.3 is 9.84 Å². The molecule has 1 aromatic heterocycles.